The molecular weight excluding hydrogens is 432 g/mol. The van der Waals surface area contributed by atoms with Gasteiger partial charge in [-0.1, -0.05) is 25.1 Å². The van der Waals surface area contributed by atoms with E-state index in [1.165, 1.54) is 11.3 Å². The molecule has 1 saturated carbocycles. The number of likely N-dealkylation sites (N-methyl/N-ethyl adjacent to an activating group) is 1. The molecule has 162 valence electrons. The van der Waals surface area contributed by atoms with E-state index in [-0.39, 0.29) is 11.2 Å². The Morgan fingerprint density at radius 1 is 1.23 bits per heavy atom. The largest absolute Gasteiger partial charge is 0.315 e. The molecule has 1 amide bonds. The second-order valence-electron chi connectivity index (χ2n) is 7.57. The summed E-state index contributed by atoms with van der Waals surface area (Å²) in [6.07, 6.45) is 5.47. The molecule has 0 bridgehead atoms. The lowest BCUT2D eigenvalue weighted by Gasteiger charge is -2.22. The zero-order valence-corrected chi connectivity index (χ0v) is 19.0. The molecule has 9 heteroatoms. The van der Waals surface area contributed by atoms with Gasteiger partial charge >= 0.3 is 0 Å². The van der Waals surface area contributed by atoms with E-state index in [0.29, 0.717) is 30.1 Å². The average Bonchev–Trinajstić information content (AvgIpc) is 3.56. The van der Waals surface area contributed by atoms with Crippen molar-refractivity contribution in [3.05, 3.63) is 59.9 Å². The topological polar surface area (TPSA) is 92.3 Å². The van der Waals surface area contributed by atoms with E-state index in [1.807, 2.05) is 43.3 Å². The number of nitrogens with zero attached hydrogens (tertiary/aromatic N) is 3. The molecule has 31 heavy (non-hydrogen) atoms. The highest BCUT2D eigenvalue weighted by molar-refractivity contribution is 7.93. The van der Waals surface area contributed by atoms with Crippen molar-refractivity contribution in [1.82, 2.24) is 9.97 Å². The molecule has 1 unspecified atom stereocenters. The molecular formula is C22H24N4O3S2. The minimum Gasteiger partial charge on any atom is -0.315 e. The standard InChI is InChI=1S/C22H24N4O3S2/c1-3-19(20-14-30-22(24-20)25-31(28,29)18-10-11-18)21(27)26(2)17-8-6-15(7-9-17)16-5-4-12-23-13-16/h4-9,12-14,18-19H,3,10-11H2,1-2H3,(H,24,25). The average molecular weight is 457 g/mol. The number of hydrogen-bond donors (Lipinski definition) is 1. The van der Waals surface area contributed by atoms with Crippen LogP contribution in [-0.4, -0.2) is 36.6 Å². The van der Waals surface area contributed by atoms with Crippen molar-refractivity contribution >= 4 is 38.1 Å². The van der Waals surface area contributed by atoms with Gasteiger partial charge in [0.15, 0.2) is 5.13 Å². The first-order valence-corrected chi connectivity index (χ1v) is 12.6. The number of hydrogen-bond acceptors (Lipinski definition) is 6. The van der Waals surface area contributed by atoms with Crippen LogP contribution in [0.4, 0.5) is 10.8 Å². The number of aromatic nitrogens is 2. The van der Waals surface area contributed by atoms with Gasteiger partial charge in [0, 0.05) is 30.5 Å². The first-order chi connectivity index (χ1) is 14.9. The molecule has 2 heterocycles. The zero-order valence-electron chi connectivity index (χ0n) is 17.4. The van der Waals surface area contributed by atoms with Gasteiger partial charge in [0.1, 0.15) is 0 Å². The first kappa shape index (κ1) is 21.5. The van der Waals surface area contributed by atoms with Crippen LogP contribution >= 0.6 is 11.3 Å². The van der Waals surface area contributed by atoms with Crippen LogP contribution in [0.15, 0.2) is 54.2 Å². The minimum atomic E-state index is -3.37. The summed E-state index contributed by atoms with van der Waals surface area (Å²) in [7, 11) is -1.62. The third kappa shape index (κ3) is 4.77. The molecule has 0 radical (unpaired) electrons. The molecule has 4 rings (SSSR count). The number of rotatable bonds is 8. The van der Waals surface area contributed by atoms with E-state index in [0.717, 1.165) is 16.8 Å². The fourth-order valence-electron chi connectivity index (χ4n) is 3.36. The van der Waals surface area contributed by atoms with Crippen molar-refractivity contribution in [3.63, 3.8) is 0 Å². The molecule has 0 spiro atoms. The number of benzene rings is 1. The Bertz CT molecular complexity index is 1160. The van der Waals surface area contributed by atoms with Crippen molar-refractivity contribution in [3.8, 4) is 11.1 Å². The number of nitrogens with one attached hydrogen (secondary N) is 1. The number of carbonyl (C=O) groups is 1. The van der Waals surface area contributed by atoms with Crippen LogP contribution in [0.1, 0.15) is 37.8 Å². The van der Waals surface area contributed by atoms with Crippen LogP contribution in [0.2, 0.25) is 0 Å². The maximum absolute atomic E-state index is 13.2. The van der Waals surface area contributed by atoms with Gasteiger partial charge in [0.25, 0.3) is 0 Å². The lowest BCUT2D eigenvalue weighted by molar-refractivity contribution is -0.119. The summed E-state index contributed by atoms with van der Waals surface area (Å²) in [5.74, 6) is -0.531. The summed E-state index contributed by atoms with van der Waals surface area (Å²) >= 11 is 1.21. The van der Waals surface area contributed by atoms with Gasteiger partial charge in [0.2, 0.25) is 15.9 Å². The predicted octanol–water partition coefficient (Wildman–Crippen LogP) is 4.27. The van der Waals surface area contributed by atoms with Crippen LogP contribution in [-0.2, 0) is 14.8 Å². The molecule has 1 fully saturated rings. The molecule has 1 atom stereocenters. The molecule has 7 nitrogen and oxygen atoms in total. The summed E-state index contributed by atoms with van der Waals surface area (Å²) in [6, 6.07) is 11.6. The molecule has 3 aromatic rings. The quantitative estimate of drug-likeness (QED) is 0.547. The van der Waals surface area contributed by atoms with Gasteiger partial charge in [-0.25, -0.2) is 13.4 Å². The van der Waals surface area contributed by atoms with Gasteiger partial charge < -0.3 is 4.90 Å². The third-order valence-corrected chi connectivity index (χ3v) is 8.09. The summed E-state index contributed by atoms with van der Waals surface area (Å²) in [5.41, 5.74) is 3.40. The third-order valence-electron chi connectivity index (χ3n) is 5.36. The second kappa shape index (κ2) is 8.76. The number of pyridine rings is 1. The highest BCUT2D eigenvalue weighted by atomic mass is 32.2. The van der Waals surface area contributed by atoms with Crippen LogP contribution in [0.25, 0.3) is 11.1 Å². The van der Waals surface area contributed by atoms with Crippen molar-refractivity contribution in [2.24, 2.45) is 0 Å². The minimum absolute atomic E-state index is 0.0847. The molecule has 0 aliphatic heterocycles. The second-order valence-corrected chi connectivity index (χ2v) is 10.4. The zero-order chi connectivity index (χ0) is 22.0. The summed E-state index contributed by atoms with van der Waals surface area (Å²) in [5, 5.41) is 1.76. The maximum atomic E-state index is 13.2. The normalized spacial score (nSPS) is 14.8. The van der Waals surface area contributed by atoms with Gasteiger partial charge in [-0.3, -0.25) is 14.5 Å². The number of amides is 1. The number of sulfonamides is 1. The SMILES string of the molecule is CCC(C(=O)N(C)c1ccc(-c2cccnc2)cc1)c1csc(NS(=O)(=O)C2CC2)n1. The Balaban J connectivity index is 1.48. The summed E-state index contributed by atoms with van der Waals surface area (Å²) < 4.78 is 26.8. The maximum Gasteiger partial charge on any atom is 0.237 e. The molecule has 0 saturated heterocycles. The highest BCUT2D eigenvalue weighted by Crippen LogP contribution is 2.32. The Labute approximate surface area is 186 Å². The Hall–Kier alpha value is -2.78. The van der Waals surface area contributed by atoms with Crippen molar-refractivity contribution in [2.45, 2.75) is 37.4 Å². The molecule has 1 aromatic carbocycles. The van der Waals surface area contributed by atoms with E-state index < -0.39 is 15.9 Å². The number of anilines is 2. The molecule has 2 aromatic heterocycles. The van der Waals surface area contributed by atoms with Crippen LogP contribution < -0.4 is 9.62 Å². The van der Waals surface area contributed by atoms with E-state index in [9.17, 15) is 13.2 Å². The van der Waals surface area contributed by atoms with Gasteiger partial charge in [-0.05, 0) is 48.6 Å². The van der Waals surface area contributed by atoms with E-state index in [2.05, 4.69) is 14.7 Å². The van der Waals surface area contributed by atoms with Gasteiger partial charge in [-0.15, -0.1) is 11.3 Å². The van der Waals surface area contributed by atoms with E-state index >= 15 is 0 Å². The fourth-order valence-corrected chi connectivity index (χ4v) is 5.72. The molecule has 1 aliphatic rings. The Morgan fingerprint density at radius 2 is 1.97 bits per heavy atom. The van der Waals surface area contributed by atoms with Crippen LogP contribution in [0.5, 0.6) is 0 Å². The summed E-state index contributed by atoms with van der Waals surface area (Å²) in [6.45, 7) is 1.93. The lowest BCUT2D eigenvalue weighted by atomic mass is 10.0. The summed E-state index contributed by atoms with van der Waals surface area (Å²) in [4.78, 5) is 23.3. The Kier molecular flexibility index (Phi) is 6.06. The first-order valence-electron chi connectivity index (χ1n) is 10.1. The fraction of sp³-hybridized carbons (Fsp3) is 0.318. The van der Waals surface area contributed by atoms with Crippen molar-refractivity contribution in [1.29, 1.82) is 0 Å². The molecule has 1 aliphatic carbocycles. The number of carbonyl (C=O) groups excluding carboxylic acids is 1. The van der Waals surface area contributed by atoms with Gasteiger partial charge in [-0.2, -0.15) is 0 Å². The van der Waals surface area contributed by atoms with Crippen LogP contribution in [0, 0.1) is 0 Å². The smallest absolute Gasteiger partial charge is 0.237 e. The van der Waals surface area contributed by atoms with Crippen molar-refractivity contribution < 1.29 is 13.2 Å². The predicted molar refractivity (Wildman–Crippen MR) is 124 cm³/mol. The Morgan fingerprint density at radius 3 is 2.58 bits per heavy atom. The van der Waals surface area contributed by atoms with E-state index in [1.54, 1.807) is 29.7 Å². The molecule has 1 N–H and O–H groups in total. The van der Waals surface area contributed by atoms with Gasteiger partial charge in [0.05, 0.1) is 16.9 Å². The monoisotopic (exact) mass is 456 g/mol. The van der Waals surface area contributed by atoms with Crippen LogP contribution in [0.3, 0.4) is 0 Å². The number of thiazole rings is 1. The highest BCUT2D eigenvalue weighted by Gasteiger charge is 2.36. The lowest BCUT2D eigenvalue weighted by Crippen LogP contribution is -2.31. The van der Waals surface area contributed by atoms with Crippen molar-refractivity contribution in [2.75, 3.05) is 16.7 Å². The van der Waals surface area contributed by atoms with E-state index in [4.69, 9.17) is 0 Å².